The van der Waals surface area contributed by atoms with Crippen molar-refractivity contribution in [3.63, 3.8) is 0 Å². The Hall–Kier alpha value is -2.13. The molecule has 1 N–H and O–H groups in total. The number of carbonyl (C=O) groups excluding carboxylic acids is 1. The van der Waals surface area contributed by atoms with Crippen molar-refractivity contribution in [3.8, 4) is 0 Å². The van der Waals surface area contributed by atoms with E-state index in [1.54, 1.807) is 12.1 Å². The first-order chi connectivity index (χ1) is 9.25. The fourth-order valence-electron chi connectivity index (χ4n) is 1.75. The van der Waals surface area contributed by atoms with E-state index >= 15 is 0 Å². The van der Waals surface area contributed by atoms with Gasteiger partial charge in [-0.05, 0) is 36.3 Å². The topological polar surface area (TPSA) is 50.4 Å². The van der Waals surface area contributed by atoms with E-state index in [0.717, 1.165) is 5.56 Å². The van der Waals surface area contributed by atoms with Crippen molar-refractivity contribution in [1.29, 1.82) is 0 Å². The fraction of sp³-hybridized carbons (Fsp3) is 0.188. The summed E-state index contributed by atoms with van der Waals surface area (Å²) < 4.78 is 5.04. The highest BCUT2D eigenvalue weighted by Gasteiger charge is 2.06. The van der Waals surface area contributed by atoms with E-state index in [2.05, 4.69) is 0 Å². The highest BCUT2D eigenvalue weighted by molar-refractivity contribution is 5.89. The average molecular weight is 256 g/mol. The van der Waals surface area contributed by atoms with Gasteiger partial charge in [0.05, 0.1) is 6.26 Å². The first-order valence-corrected chi connectivity index (χ1v) is 6.22. The van der Waals surface area contributed by atoms with E-state index in [1.165, 1.54) is 18.4 Å². The Bertz CT molecular complexity index is 526. The van der Waals surface area contributed by atoms with Gasteiger partial charge >= 0.3 is 0 Å². The lowest BCUT2D eigenvalue weighted by Gasteiger charge is -2.01. The molecule has 0 bridgehead atoms. The lowest BCUT2D eigenvalue weighted by molar-refractivity contribution is -0.114. The van der Waals surface area contributed by atoms with Gasteiger partial charge in [0, 0.05) is 6.42 Å². The molecule has 1 unspecified atom stereocenters. The first-order valence-electron chi connectivity index (χ1n) is 6.22. The summed E-state index contributed by atoms with van der Waals surface area (Å²) in [4.78, 5) is 11.7. The van der Waals surface area contributed by atoms with Crippen molar-refractivity contribution in [2.24, 2.45) is 0 Å². The quantitative estimate of drug-likeness (QED) is 0.808. The molecule has 3 heteroatoms. The molecular weight excluding hydrogens is 240 g/mol. The third kappa shape index (κ3) is 4.23. The first kappa shape index (κ1) is 13.3. The van der Waals surface area contributed by atoms with E-state index in [9.17, 15) is 9.90 Å². The van der Waals surface area contributed by atoms with Crippen molar-refractivity contribution in [1.82, 2.24) is 0 Å². The molecule has 1 heterocycles. The molecule has 0 aliphatic heterocycles. The molecule has 0 amide bonds. The zero-order chi connectivity index (χ0) is 13.5. The van der Waals surface area contributed by atoms with Gasteiger partial charge in [0.25, 0.3) is 0 Å². The van der Waals surface area contributed by atoms with Crippen LogP contribution in [0.5, 0.6) is 0 Å². The van der Waals surface area contributed by atoms with Crippen LogP contribution >= 0.6 is 0 Å². The summed E-state index contributed by atoms with van der Waals surface area (Å²) in [6.07, 6.45) is 4.63. The molecule has 1 atom stereocenters. The third-order valence-electron chi connectivity index (χ3n) is 2.80. The van der Waals surface area contributed by atoms with Gasteiger partial charge in [0.15, 0.2) is 5.78 Å². The molecule has 0 radical (unpaired) electrons. The van der Waals surface area contributed by atoms with Gasteiger partial charge < -0.3 is 9.52 Å². The number of aryl methyl sites for hydroxylation is 1. The number of aliphatic hydroxyl groups is 1. The van der Waals surface area contributed by atoms with Crippen molar-refractivity contribution >= 4 is 5.78 Å². The van der Waals surface area contributed by atoms with Crippen LogP contribution in [0.1, 0.15) is 23.8 Å². The number of hydrogen-bond donors (Lipinski definition) is 1. The molecule has 0 saturated heterocycles. The van der Waals surface area contributed by atoms with Crippen molar-refractivity contribution in [2.75, 3.05) is 0 Å². The maximum atomic E-state index is 11.7. The van der Waals surface area contributed by atoms with Crippen LogP contribution in [0.25, 0.3) is 0 Å². The second kappa shape index (κ2) is 6.71. The molecule has 2 rings (SSSR count). The maximum absolute atomic E-state index is 11.7. The highest BCUT2D eigenvalue weighted by Crippen LogP contribution is 2.14. The normalized spacial score (nSPS) is 12.7. The summed E-state index contributed by atoms with van der Waals surface area (Å²) >= 11 is 0. The molecular formula is C16H16O3. The predicted molar refractivity (Wildman–Crippen MR) is 72.6 cm³/mol. The Kier molecular flexibility index (Phi) is 4.70. The van der Waals surface area contributed by atoms with E-state index in [4.69, 9.17) is 4.42 Å². The summed E-state index contributed by atoms with van der Waals surface area (Å²) in [5.74, 6) is 0.432. The minimum absolute atomic E-state index is 0.00513. The summed E-state index contributed by atoms with van der Waals surface area (Å²) in [6.45, 7) is 0. The van der Waals surface area contributed by atoms with Gasteiger partial charge in [-0.3, -0.25) is 4.79 Å². The number of benzene rings is 1. The molecule has 0 saturated carbocycles. The Morgan fingerprint density at radius 1 is 1.21 bits per heavy atom. The minimum atomic E-state index is -0.865. The minimum Gasteiger partial charge on any atom is -0.466 e. The Balaban J connectivity index is 1.81. The summed E-state index contributed by atoms with van der Waals surface area (Å²) in [5, 5.41) is 9.71. The van der Waals surface area contributed by atoms with Gasteiger partial charge in [0.1, 0.15) is 11.9 Å². The zero-order valence-electron chi connectivity index (χ0n) is 10.5. The fourth-order valence-corrected chi connectivity index (χ4v) is 1.75. The third-order valence-corrected chi connectivity index (χ3v) is 2.80. The van der Waals surface area contributed by atoms with E-state index in [0.29, 0.717) is 18.6 Å². The zero-order valence-corrected chi connectivity index (χ0v) is 10.5. The molecule has 2 aromatic rings. The molecule has 0 aliphatic rings. The van der Waals surface area contributed by atoms with Gasteiger partial charge in [-0.1, -0.05) is 30.3 Å². The number of aliphatic hydroxyl groups excluding tert-OH is 1. The van der Waals surface area contributed by atoms with Crippen LogP contribution in [0.3, 0.4) is 0 Å². The van der Waals surface area contributed by atoms with Crippen LogP contribution in [-0.2, 0) is 11.2 Å². The lowest BCUT2D eigenvalue weighted by Crippen LogP contribution is -1.98. The lowest BCUT2D eigenvalue weighted by atomic mass is 10.1. The Morgan fingerprint density at radius 2 is 2.00 bits per heavy atom. The van der Waals surface area contributed by atoms with Crippen LogP contribution in [-0.4, -0.2) is 10.9 Å². The Morgan fingerprint density at radius 3 is 2.68 bits per heavy atom. The number of furan rings is 1. The van der Waals surface area contributed by atoms with E-state index in [1.807, 2.05) is 30.3 Å². The second-order valence-electron chi connectivity index (χ2n) is 4.27. The predicted octanol–water partition coefficient (Wildman–Crippen LogP) is 3.07. The van der Waals surface area contributed by atoms with Crippen LogP contribution in [0.15, 0.2) is 65.3 Å². The van der Waals surface area contributed by atoms with Crippen molar-refractivity contribution < 1.29 is 14.3 Å². The van der Waals surface area contributed by atoms with Gasteiger partial charge in [-0.2, -0.15) is 0 Å². The molecule has 98 valence electrons. The number of hydrogen-bond acceptors (Lipinski definition) is 3. The van der Waals surface area contributed by atoms with Crippen LogP contribution in [0.2, 0.25) is 0 Å². The van der Waals surface area contributed by atoms with Crippen LogP contribution < -0.4 is 0 Å². The second-order valence-corrected chi connectivity index (χ2v) is 4.27. The molecule has 0 fully saturated rings. The molecule has 1 aromatic carbocycles. The number of carbonyl (C=O) groups is 1. The van der Waals surface area contributed by atoms with Crippen molar-refractivity contribution in [2.45, 2.75) is 18.9 Å². The van der Waals surface area contributed by atoms with Gasteiger partial charge in [-0.15, -0.1) is 0 Å². The van der Waals surface area contributed by atoms with E-state index < -0.39 is 6.10 Å². The molecule has 0 aliphatic carbocycles. The number of allylic oxidation sites excluding steroid dienone is 1. The van der Waals surface area contributed by atoms with Gasteiger partial charge in [-0.25, -0.2) is 0 Å². The average Bonchev–Trinajstić information content (AvgIpc) is 2.98. The van der Waals surface area contributed by atoms with E-state index in [-0.39, 0.29) is 5.78 Å². The molecule has 0 spiro atoms. The van der Waals surface area contributed by atoms with Crippen LogP contribution in [0, 0.1) is 0 Å². The molecule has 1 aromatic heterocycles. The molecule has 3 nitrogen and oxygen atoms in total. The smallest absolute Gasteiger partial charge is 0.155 e. The summed E-state index contributed by atoms with van der Waals surface area (Å²) in [6, 6.07) is 13.2. The van der Waals surface area contributed by atoms with Crippen LogP contribution in [0.4, 0.5) is 0 Å². The standard InChI is InChI=1S/C16H16O3/c17-14(9-8-13-5-2-1-3-6-13)10-11-15(18)16-7-4-12-19-16/h1-7,10-12,15,18H,8-9H2/b11-10+. The van der Waals surface area contributed by atoms with Crippen molar-refractivity contribution in [3.05, 3.63) is 72.2 Å². The summed E-state index contributed by atoms with van der Waals surface area (Å²) in [5.41, 5.74) is 1.14. The monoisotopic (exact) mass is 256 g/mol. The maximum Gasteiger partial charge on any atom is 0.155 e. The Labute approximate surface area is 112 Å². The van der Waals surface area contributed by atoms with Gasteiger partial charge in [0.2, 0.25) is 0 Å². The highest BCUT2D eigenvalue weighted by atomic mass is 16.4. The summed E-state index contributed by atoms with van der Waals surface area (Å²) in [7, 11) is 0. The number of ketones is 1. The molecule has 19 heavy (non-hydrogen) atoms. The SMILES string of the molecule is O=C(/C=C/C(O)c1ccco1)CCc1ccccc1. The largest absolute Gasteiger partial charge is 0.466 e. The number of rotatable bonds is 6.